The van der Waals surface area contributed by atoms with Gasteiger partial charge in [-0.3, -0.25) is 4.79 Å². The number of benzene rings is 1. The summed E-state index contributed by atoms with van der Waals surface area (Å²) in [6.45, 7) is 4.35. The number of fused-ring (bicyclic) bond motifs is 1. The van der Waals surface area contributed by atoms with E-state index in [0.29, 0.717) is 12.4 Å². The smallest absolute Gasteiger partial charge is 0.325 e. The number of aryl methyl sites for hydroxylation is 1. The summed E-state index contributed by atoms with van der Waals surface area (Å²) in [6.07, 6.45) is 0. The number of hydrogen-bond donors (Lipinski definition) is 1. The molecule has 0 fully saturated rings. The second-order valence-corrected chi connectivity index (χ2v) is 4.00. The summed E-state index contributed by atoms with van der Waals surface area (Å²) in [5.74, 6) is 0.421. The summed E-state index contributed by atoms with van der Waals surface area (Å²) in [7, 11) is 0. The van der Waals surface area contributed by atoms with E-state index in [1.54, 1.807) is 6.92 Å². The number of carbonyl (C=O) groups excluding carboxylic acids is 1. The molecule has 1 N–H and O–H groups in total. The van der Waals surface area contributed by atoms with E-state index in [9.17, 15) is 4.79 Å². The van der Waals surface area contributed by atoms with Crippen LogP contribution in [-0.4, -0.2) is 24.1 Å². The zero-order valence-corrected chi connectivity index (χ0v) is 10.6. The Hall–Kier alpha value is -2.10. The highest BCUT2D eigenvalue weighted by Gasteiger charge is 2.04. The van der Waals surface area contributed by atoms with Gasteiger partial charge in [0.15, 0.2) is 0 Å². The van der Waals surface area contributed by atoms with E-state index >= 15 is 0 Å². The second kappa shape index (κ2) is 5.49. The number of aromatic nitrogens is 1. The fraction of sp³-hybridized carbons (Fsp3) is 0.286. The van der Waals surface area contributed by atoms with E-state index in [2.05, 4.69) is 10.3 Å². The summed E-state index contributed by atoms with van der Waals surface area (Å²) in [5.41, 5.74) is 2.05. The number of nitrogens with zero attached hydrogens (tertiary/aromatic N) is 1. The third-order valence-electron chi connectivity index (χ3n) is 2.64. The summed E-state index contributed by atoms with van der Waals surface area (Å²) < 4.78 is 4.85. The molecule has 4 nitrogen and oxygen atoms in total. The molecule has 94 valence electrons. The van der Waals surface area contributed by atoms with Crippen molar-refractivity contribution in [1.29, 1.82) is 0 Å². The van der Waals surface area contributed by atoms with Crippen molar-refractivity contribution in [3.63, 3.8) is 0 Å². The van der Waals surface area contributed by atoms with Gasteiger partial charge < -0.3 is 10.1 Å². The molecule has 1 aromatic carbocycles. The van der Waals surface area contributed by atoms with Crippen molar-refractivity contribution in [3.05, 3.63) is 35.9 Å². The molecule has 0 amide bonds. The Bertz CT molecular complexity index is 567. The maximum Gasteiger partial charge on any atom is 0.325 e. The van der Waals surface area contributed by atoms with Gasteiger partial charge in [0.1, 0.15) is 12.4 Å². The number of para-hydroxylation sites is 1. The van der Waals surface area contributed by atoms with Crippen LogP contribution in [0.3, 0.4) is 0 Å². The summed E-state index contributed by atoms with van der Waals surface area (Å²) in [4.78, 5) is 15.7. The van der Waals surface area contributed by atoms with Crippen LogP contribution < -0.4 is 5.32 Å². The SMILES string of the molecule is CCOC(=O)CNc1cc(C)c2ccccc2n1. The van der Waals surface area contributed by atoms with Gasteiger partial charge in [-0.2, -0.15) is 0 Å². The standard InChI is InChI=1S/C14H16N2O2/c1-3-18-14(17)9-15-13-8-10(2)11-6-4-5-7-12(11)16-13/h4-8H,3,9H2,1-2H3,(H,15,16). The second-order valence-electron chi connectivity index (χ2n) is 4.00. The molecule has 0 aliphatic rings. The highest BCUT2D eigenvalue weighted by molar-refractivity contribution is 5.84. The molecule has 1 heterocycles. The predicted octanol–water partition coefficient (Wildman–Crippen LogP) is 2.52. The van der Waals surface area contributed by atoms with Crippen molar-refractivity contribution in [1.82, 2.24) is 4.98 Å². The lowest BCUT2D eigenvalue weighted by atomic mass is 10.1. The van der Waals surface area contributed by atoms with Gasteiger partial charge in [0.05, 0.1) is 12.1 Å². The number of hydrogen-bond acceptors (Lipinski definition) is 4. The van der Waals surface area contributed by atoms with Gasteiger partial charge in [0.25, 0.3) is 0 Å². The van der Waals surface area contributed by atoms with E-state index in [0.717, 1.165) is 16.5 Å². The molecule has 0 unspecified atom stereocenters. The van der Waals surface area contributed by atoms with Gasteiger partial charge in [-0.15, -0.1) is 0 Å². The van der Waals surface area contributed by atoms with Crippen LogP contribution in [0.25, 0.3) is 10.9 Å². The minimum Gasteiger partial charge on any atom is -0.465 e. The number of anilines is 1. The van der Waals surface area contributed by atoms with Crippen LogP contribution in [0.1, 0.15) is 12.5 Å². The van der Waals surface area contributed by atoms with Gasteiger partial charge in [-0.25, -0.2) is 4.98 Å². The van der Waals surface area contributed by atoms with Crippen molar-refractivity contribution in [2.75, 3.05) is 18.5 Å². The summed E-state index contributed by atoms with van der Waals surface area (Å²) in [6, 6.07) is 9.86. The molecular weight excluding hydrogens is 228 g/mol. The fourth-order valence-corrected chi connectivity index (χ4v) is 1.81. The number of pyridine rings is 1. The molecule has 0 atom stereocenters. The minimum absolute atomic E-state index is 0.138. The first-order valence-corrected chi connectivity index (χ1v) is 5.96. The molecule has 1 aromatic heterocycles. The van der Waals surface area contributed by atoms with Crippen LogP contribution in [0, 0.1) is 6.92 Å². The van der Waals surface area contributed by atoms with Crippen LogP contribution in [0.15, 0.2) is 30.3 Å². The van der Waals surface area contributed by atoms with E-state index in [-0.39, 0.29) is 12.5 Å². The highest BCUT2D eigenvalue weighted by atomic mass is 16.5. The van der Waals surface area contributed by atoms with E-state index in [1.807, 2.05) is 37.3 Å². The third-order valence-corrected chi connectivity index (χ3v) is 2.64. The lowest BCUT2D eigenvalue weighted by Crippen LogP contribution is -2.17. The van der Waals surface area contributed by atoms with Gasteiger partial charge >= 0.3 is 5.97 Å². The summed E-state index contributed by atoms with van der Waals surface area (Å²) >= 11 is 0. The average molecular weight is 244 g/mol. The van der Waals surface area contributed by atoms with E-state index < -0.39 is 0 Å². The lowest BCUT2D eigenvalue weighted by molar-refractivity contribution is -0.140. The van der Waals surface area contributed by atoms with Crippen molar-refractivity contribution >= 4 is 22.7 Å². The average Bonchev–Trinajstić information content (AvgIpc) is 2.37. The van der Waals surface area contributed by atoms with Gasteiger partial charge in [0.2, 0.25) is 0 Å². The Labute approximate surface area is 106 Å². The minimum atomic E-state index is -0.273. The van der Waals surface area contributed by atoms with Gasteiger partial charge in [-0.05, 0) is 31.5 Å². The van der Waals surface area contributed by atoms with E-state index in [1.165, 1.54) is 0 Å². The van der Waals surface area contributed by atoms with Crippen molar-refractivity contribution < 1.29 is 9.53 Å². The number of esters is 1. The molecule has 2 rings (SSSR count). The molecule has 0 radical (unpaired) electrons. The van der Waals surface area contributed by atoms with Crippen molar-refractivity contribution in [2.45, 2.75) is 13.8 Å². The number of ether oxygens (including phenoxy) is 1. The topological polar surface area (TPSA) is 51.2 Å². The monoisotopic (exact) mass is 244 g/mol. The van der Waals surface area contributed by atoms with Gasteiger partial charge in [-0.1, -0.05) is 18.2 Å². The zero-order chi connectivity index (χ0) is 13.0. The first-order valence-electron chi connectivity index (χ1n) is 5.96. The maximum absolute atomic E-state index is 11.3. The molecule has 0 saturated carbocycles. The zero-order valence-electron chi connectivity index (χ0n) is 10.6. The number of rotatable bonds is 4. The maximum atomic E-state index is 11.3. The van der Waals surface area contributed by atoms with E-state index in [4.69, 9.17) is 4.74 Å². The first-order chi connectivity index (χ1) is 8.70. The highest BCUT2D eigenvalue weighted by Crippen LogP contribution is 2.19. The van der Waals surface area contributed by atoms with Gasteiger partial charge in [0, 0.05) is 5.39 Å². The Kier molecular flexibility index (Phi) is 3.77. The van der Waals surface area contributed by atoms with Crippen molar-refractivity contribution in [3.8, 4) is 0 Å². The van der Waals surface area contributed by atoms with Crippen LogP contribution >= 0.6 is 0 Å². The van der Waals surface area contributed by atoms with Crippen LogP contribution in [0.5, 0.6) is 0 Å². The molecule has 0 saturated heterocycles. The number of nitrogens with one attached hydrogen (secondary N) is 1. The normalized spacial score (nSPS) is 10.3. The Balaban J connectivity index is 2.17. The van der Waals surface area contributed by atoms with Crippen molar-refractivity contribution in [2.24, 2.45) is 0 Å². The lowest BCUT2D eigenvalue weighted by Gasteiger charge is -2.08. The predicted molar refractivity (Wildman–Crippen MR) is 71.6 cm³/mol. The molecule has 0 bridgehead atoms. The Morgan fingerprint density at radius 2 is 2.17 bits per heavy atom. The molecule has 2 aromatic rings. The van der Waals surface area contributed by atoms with Crippen LogP contribution in [0.4, 0.5) is 5.82 Å². The Morgan fingerprint density at radius 3 is 2.94 bits per heavy atom. The largest absolute Gasteiger partial charge is 0.465 e. The first kappa shape index (κ1) is 12.4. The molecule has 0 aliphatic heterocycles. The quantitative estimate of drug-likeness (QED) is 0.840. The molecule has 4 heteroatoms. The fourth-order valence-electron chi connectivity index (χ4n) is 1.81. The summed E-state index contributed by atoms with van der Waals surface area (Å²) in [5, 5.41) is 4.10. The molecule has 0 spiro atoms. The number of carbonyl (C=O) groups is 1. The van der Waals surface area contributed by atoms with Crippen LogP contribution in [-0.2, 0) is 9.53 Å². The molecular formula is C14H16N2O2. The Morgan fingerprint density at radius 1 is 1.39 bits per heavy atom. The third kappa shape index (κ3) is 2.77. The molecule has 18 heavy (non-hydrogen) atoms. The van der Waals surface area contributed by atoms with Crippen LogP contribution in [0.2, 0.25) is 0 Å². The molecule has 0 aliphatic carbocycles.